The lowest BCUT2D eigenvalue weighted by atomic mass is 10.0. The van der Waals surface area contributed by atoms with Crippen LogP contribution in [0.2, 0.25) is 0 Å². The van der Waals surface area contributed by atoms with Gasteiger partial charge in [0.2, 0.25) is 5.13 Å². The minimum absolute atomic E-state index is 0.172. The molecule has 0 unspecified atom stereocenters. The van der Waals surface area contributed by atoms with E-state index in [1.807, 2.05) is 12.3 Å². The Morgan fingerprint density at radius 3 is 2.89 bits per heavy atom. The molecule has 138 valence electrons. The first-order valence-electron chi connectivity index (χ1n) is 8.89. The molecule has 2 aromatic carbocycles. The van der Waals surface area contributed by atoms with Crippen LogP contribution in [0.1, 0.15) is 30.0 Å². The number of aryl methyl sites for hydroxylation is 2. The second-order valence-corrected chi connectivity index (χ2v) is 7.43. The maximum atomic E-state index is 10.1. The van der Waals surface area contributed by atoms with Gasteiger partial charge in [0.1, 0.15) is 11.5 Å². The first-order valence-corrected chi connectivity index (χ1v) is 9.77. The summed E-state index contributed by atoms with van der Waals surface area (Å²) in [6.07, 6.45) is 3.58. The number of ether oxygens (including phenoxy) is 1. The lowest BCUT2D eigenvalue weighted by Crippen LogP contribution is -2.00. The quantitative estimate of drug-likeness (QED) is 0.491. The standard InChI is InChI=1S/C21H21N3O2S/c1-13(15-7-6-14-4-3-5-16(14)10-15)23-24-21-22-19(12-27-21)18-11-17(26-2)8-9-20(18)25/h6-12,25H,3-5H2,1-2H3,(H,22,24)/b23-13+. The van der Waals surface area contributed by atoms with E-state index in [2.05, 4.69) is 33.7 Å². The van der Waals surface area contributed by atoms with Gasteiger partial charge in [-0.15, -0.1) is 11.3 Å². The molecular weight excluding hydrogens is 358 g/mol. The number of rotatable bonds is 5. The molecule has 4 rings (SSSR count). The van der Waals surface area contributed by atoms with E-state index < -0.39 is 0 Å². The second-order valence-electron chi connectivity index (χ2n) is 6.57. The molecular formula is C21H21N3O2S. The average molecular weight is 379 g/mol. The topological polar surface area (TPSA) is 66.7 Å². The number of nitrogens with one attached hydrogen (secondary N) is 1. The van der Waals surface area contributed by atoms with E-state index in [0.717, 1.165) is 17.7 Å². The summed E-state index contributed by atoms with van der Waals surface area (Å²) in [6, 6.07) is 11.7. The number of aromatic nitrogens is 1. The Bertz CT molecular complexity index is 1010. The zero-order valence-corrected chi connectivity index (χ0v) is 16.1. The second kappa shape index (κ2) is 7.40. The monoisotopic (exact) mass is 379 g/mol. The number of anilines is 1. The van der Waals surface area contributed by atoms with Gasteiger partial charge in [0.05, 0.1) is 18.5 Å². The number of nitrogens with zero attached hydrogens (tertiary/aromatic N) is 2. The molecule has 0 atom stereocenters. The number of fused-ring (bicyclic) bond motifs is 1. The number of aromatic hydroxyl groups is 1. The highest BCUT2D eigenvalue weighted by atomic mass is 32.1. The maximum absolute atomic E-state index is 10.1. The maximum Gasteiger partial charge on any atom is 0.203 e. The van der Waals surface area contributed by atoms with Gasteiger partial charge < -0.3 is 9.84 Å². The molecule has 0 saturated carbocycles. The summed E-state index contributed by atoms with van der Waals surface area (Å²) in [7, 11) is 1.60. The van der Waals surface area contributed by atoms with E-state index in [1.165, 1.54) is 35.3 Å². The molecule has 6 heteroatoms. The summed E-state index contributed by atoms with van der Waals surface area (Å²) in [5, 5.41) is 17.1. The summed E-state index contributed by atoms with van der Waals surface area (Å²) in [6.45, 7) is 1.99. The summed E-state index contributed by atoms with van der Waals surface area (Å²) in [4.78, 5) is 4.52. The Morgan fingerprint density at radius 1 is 1.19 bits per heavy atom. The molecule has 3 aromatic rings. The van der Waals surface area contributed by atoms with Gasteiger partial charge in [0, 0.05) is 10.9 Å². The fourth-order valence-corrected chi connectivity index (χ4v) is 3.94. The summed E-state index contributed by atoms with van der Waals surface area (Å²) >= 11 is 1.44. The largest absolute Gasteiger partial charge is 0.507 e. The molecule has 1 aliphatic carbocycles. The molecule has 5 nitrogen and oxygen atoms in total. The zero-order chi connectivity index (χ0) is 18.8. The third-order valence-corrected chi connectivity index (χ3v) is 5.57. The summed E-state index contributed by atoms with van der Waals surface area (Å²) < 4.78 is 5.22. The van der Waals surface area contributed by atoms with Crippen LogP contribution < -0.4 is 10.2 Å². The highest BCUT2D eigenvalue weighted by Crippen LogP contribution is 2.34. The van der Waals surface area contributed by atoms with Crippen molar-refractivity contribution in [3.05, 3.63) is 58.5 Å². The van der Waals surface area contributed by atoms with Crippen LogP contribution in [0.4, 0.5) is 5.13 Å². The number of hydrogen-bond donors (Lipinski definition) is 2. The molecule has 1 heterocycles. The molecule has 0 radical (unpaired) electrons. The van der Waals surface area contributed by atoms with Crippen molar-refractivity contribution in [2.75, 3.05) is 12.5 Å². The fraction of sp³-hybridized carbons (Fsp3) is 0.238. The fourth-order valence-electron chi connectivity index (χ4n) is 3.29. The number of thiazole rings is 1. The summed E-state index contributed by atoms with van der Waals surface area (Å²) in [5.41, 5.74) is 9.30. The molecule has 2 N–H and O–H groups in total. The van der Waals surface area contributed by atoms with Crippen LogP contribution in [0, 0.1) is 0 Å². The van der Waals surface area contributed by atoms with Crippen molar-refractivity contribution in [3.63, 3.8) is 0 Å². The van der Waals surface area contributed by atoms with E-state index in [-0.39, 0.29) is 5.75 Å². The van der Waals surface area contributed by atoms with Crippen LogP contribution >= 0.6 is 11.3 Å². The minimum atomic E-state index is 0.172. The average Bonchev–Trinajstić information content (AvgIpc) is 3.35. The lowest BCUT2D eigenvalue weighted by molar-refractivity contribution is 0.412. The van der Waals surface area contributed by atoms with Crippen molar-refractivity contribution in [3.8, 4) is 22.8 Å². The van der Waals surface area contributed by atoms with Gasteiger partial charge in [-0.1, -0.05) is 12.1 Å². The molecule has 0 spiro atoms. The first kappa shape index (κ1) is 17.5. The molecule has 1 aliphatic rings. The molecule has 0 bridgehead atoms. The smallest absolute Gasteiger partial charge is 0.203 e. The SMILES string of the molecule is COc1ccc(O)c(-c2csc(N/N=C(\C)c3ccc4c(c3)CCC4)n2)c1. The number of methoxy groups -OCH3 is 1. The van der Waals surface area contributed by atoms with Crippen molar-refractivity contribution in [1.82, 2.24) is 4.98 Å². The van der Waals surface area contributed by atoms with Gasteiger partial charge in [0.25, 0.3) is 0 Å². The third kappa shape index (κ3) is 3.66. The molecule has 0 aliphatic heterocycles. The van der Waals surface area contributed by atoms with E-state index >= 15 is 0 Å². The molecule has 0 fully saturated rings. The van der Waals surface area contributed by atoms with Gasteiger partial charge >= 0.3 is 0 Å². The number of hydrazone groups is 1. The Kier molecular flexibility index (Phi) is 4.81. The van der Waals surface area contributed by atoms with E-state index in [4.69, 9.17) is 4.74 Å². The van der Waals surface area contributed by atoms with Crippen molar-refractivity contribution >= 4 is 22.2 Å². The van der Waals surface area contributed by atoms with Crippen LogP contribution in [0.15, 0.2) is 46.9 Å². The van der Waals surface area contributed by atoms with Gasteiger partial charge in [-0.2, -0.15) is 5.10 Å². The molecule has 27 heavy (non-hydrogen) atoms. The Labute approximate surface area is 162 Å². The summed E-state index contributed by atoms with van der Waals surface area (Å²) in [5.74, 6) is 0.848. The lowest BCUT2D eigenvalue weighted by Gasteiger charge is -2.05. The zero-order valence-electron chi connectivity index (χ0n) is 15.3. The van der Waals surface area contributed by atoms with Gasteiger partial charge in [0.15, 0.2) is 0 Å². The molecule has 1 aromatic heterocycles. The van der Waals surface area contributed by atoms with Crippen LogP contribution in [0.5, 0.6) is 11.5 Å². The highest BCUT2D eigenvalue weighted by molar-refractivity contribution is 7.14. The normalized spacial score (nSPS) is 13.5. The van der Waals surface area contributed by atoms with E-state index in [1.54, 1.807) is 25.3 Å². The van der Waals surface area contributed by atoms with Gasteiger partial charge in [-0.25, -0.2) is 4.98 Å². The number of phenolic OH excluding ortho intramolecular Hbond substituents is 1. The van der Waals surface area contributed by atoms with Crippen molar-refractivity contribution in [2.45, 2.75) is 26.2 Å². The Hall–Kier alpha value is -2.86. The first-order chi connectivity index (χ1) is 13.1. The van der Waals surface area contributed by atoms with Crippen LogP contribution in [-0.2, 0) is 12.8 Å². The van der Waals surface area contributed by atoms with Crippen LogP contribution in [-0.4, -0.2) is 22.9 Å². The number of hydrogen-bond acceptors (Lipinski definition) is 6. The highest BCUT2D eigenvalue weighted by Gasteiger charge is 2.12. The third-order valence-electron chi connectivity index (χ3n) is 4.82. The predicted molar refractivity (Wildman–Crippen MR) is 110 cm³/mol. The number of phenols is 1. The van der Waals surface area contributed by atoms with Crippen LogP contribution in [0.3, 0.4) is 0 Å². The van der Waals surface area contributed by atoms with Gasteiger partial charge in [-0.05, 0) is 67.1 Å². The molecule has 0 saturated heterocycles. The van der Waals surface area contributed by atoms with Gasteiger partial charge in [-0.3, -0.25) is 5.43 Å². The van der Waals surface area contributed by atoms with E-state index in [9.17, 15) is 5.11 Å². The Balaban J connectivity index is 1.52. The van der Waals surface area contributed by atoms with Crippen molar-refractivity contribution < 1.29 is 9.84 Å². The Morgan fingerprint density at radius 2 is 2.04 bits per heavy atom. The van der Waals surface area contributed by atoms with Crippen molar-refractivity contribution in [2.24, 2.45) is 5.10 Å². The van der Waals surface area contributed by atoms with Crippen LogP contribution in [0.25, 0.3) is 11.3 Å². The van der Waals surface area contributed by atoms with E-state index in [0.29, 0.717) is 22.1 Å². The number of benzene rings is 2. The minimum Gasteiger partial charge on any atom is -0.507 e. The van der Waals surface area contributed by atoms with Crippen molar-refractivity contribution in [1.29, 1.82) is 0 Å². The predicted octanol–water partition coefficient (Wildman–Crippen LogP) is 4.85. The molecule has 0 amide bonds.